The zero-order valence-corrected chi connectivity index (χ0v) is 17.7. The van der Waals surface area contributed by atoms with Crippen LogP contribution >= 0.6 is 22.7 Å². The van der Waals surface area contributed by atoms with Gasteiger partial charge in [0.15, 0.2) is 0 Å². The molecule has 0 unspecified atom stereocenters. The summed E-state index contributed by atoms with van der Waals surface area (Å²) < 4.78 is 11.8. The molecule has 2 aromatic heterocycles. The molecule has 1 fully saturated rings. The third kappa shape index (κ3) is 5.20. The standard InChI is InChI=1S/C22H26N2O2S2/c1-16-15-28-22(24-16)20(12-19-8-5-11-27-19)23-13-17-6-2-3-9-21(17)26-14-18-7-4-10-25-18/h2-3,5-6,8-9,11,15,18,20,23H,4,7,10,12-14H2,1H3/t18-,20-/m1/s1. The minimum atomic E-state index is 0.198. The van der Waals surface area contributed by atoms with Crippen molar-refractivity contribution in [3.8, 4) is 5.75 Å². The molecule has 1 aliphatic heterocycles. The highest BCUT2D eigenvalue weighted by atomic mass is 32.1. The van der Waals surface area contributed by atoms with Gasteiger partial charge in [-0.25, -0.2) is 4.98 Å². The first-order valence-electron chi connectivity index (χ1n) is 9.78. The third-order valence-electron chi connectivity index (χ3n) is 4.88. The quantitative estimate of drug-likeness (QED) is 0.526. The van der Waals surface area contributed by atoms with Gasteiger partial charge in [0, 0.05) is 41.1 Å². The summed E-state index contributed by atoms with van der Waals surface area (Å²) in [6, 6.07) is 12.8. The molecule has 0 saturated carbocycles. The topological polar surface area (TPSA) is 43.4 Å². The summed E-state index contributed by atoms with van der Waals surface area (Å²) in [5.74, 6) is 0.940. The number of nitrogens with one attached hydrogen (secondary N) is 1. The first kappa shape index (κ1) is 19.6. The molecular weight excluding hydrogens is 388 g/mol. The van der Waals surface area contributed by atoms with Crippen LogP contribution in [0.15, 0.2) is 47.2 Å². The summed E-state index contributed by atoms with van der Waals surface area (Å²) in [5.41, 5.74) is 2.25. The summed E-state index contributed by atoms with van der Waals surface area (Å²) in [4.78, 5) is 6.10. The highest BCUT2D eigenvalue weighted by molar-refractivity contribution is 7.10. The molecule has 0 radical (unpaired) electrons. The van der Waals surface area contributed by atoms with Crippen LogP contribution in [-0.2, 0) is 17.7 Å². The number of nitrogens with zero attached hydrogens (tertiary/aromatic N) is 1. The number of aryl methyl sites for hydroxylation is 1. The van der Waals surface area contributed by atoms with Crippen LogP contribution in [0.5, 0.6) is 5.75 Å². The van der Waals surface area contributed by atoms with E-state index in [1.807, 2.05) is 12.1 Å². The van der Waals surface area contributed by atoms with Crippen molar-refractivity contribution in [3.05, 3.63) is 68.3 Å². The molecule has 148 valence electrons. The molecule has 28 heavy (non-hydrogen) atoms. The van der Waals surface area contributed by atoms with E-state index in [2.05, 4.69) is 47.3 Å². The van der Waals surface area contributed by atoms with Crippen LogP contribution in [0.25, 0.3) is 0 Å². The van der Waals surface area contributed by atoms with Crippen LogP contribution in [0.4, 0.5) is 0 Å². The fourth-order valence-corrected chi connectivity index (χ4v) is 5.01. The van der Waals surface area contributed by atoms with Crippen molar-refractivity contribution in [2.24, 2.45) is 0 Å². The van der Waals surface area contributed by atoms with Gasteiger partial charge in [0.05, 0.1) is 12.1 Å². The Bertz CT molecular complexity index is 857. The predicted molar refractivity (Wildman–Crippen MR) is 115 cm³/mol. The van der Waals surface area contributed by atoms with Gasteiger partial charge in [0.1, 0.15) is 17.4 Å². The number of thiazole rings is 1. The smallest absolute Gasteiger partial charge is 0.123 e. The molecule has 4 rings (SSSR count). The monoisotopic (exact) mass is 414 g/mol. The van der Waals surface area contributed by atoms with E-state index < -0.39 is 0 Å². The van der Waals surface area contributed by atoms with Crippen molar-refractivity contribution in [2.75, 3.05) is 13.2 Å². The summed E-state index contributed by atoms with van der Waals surface area (Å²) in [6.45, 7) is 4.28. The molecule has 6 heteroatoms. The Labute approximate surface area is 174 Å². The second kappa shape index (κ2) is 9.65. The van der Waals surface area contributed by atoms with E-state index in [4.69, 9.17) is 14.5 Å². The normalized spacial score (nSPS) is 17.7. The van der Waals surface area contributed by atoms with Crippen LogP contribution in [-0.4, -0.2) is 24.3 Å². The van der Waals surface area contributed by atoms with Gasteiger partial charge >= 0.3 is 0 Å². The van der Waals surface area contributed by atoms with E-state index in [9.17, 15) is 0 Å². The van der Waals surface area contributed by atoms with E-state index in [0.717, 1.165) is 48.9 Å². The average molecular weight is 415 g/mol. The Hall–Kier alpha value is -1.73. The lowest BCUT2D eigenvalue weighted by Crippen LogP contribution is -2.23. The van der Waals surface area contributed by atoms with Gasteiger partial charge in [-0.2, -0.15) is 0 Å². The van der Waals surface area contributed by atoms with E-state index in [0.29, 0.717) is 6.61 Å². The maximum atomic E-state index is 6.09. The van der Waals surface area contributed by atoms with Crippen LogP contribution < -0.4 is 10.1 Å². The number of ether oxygens (including phenoxy) is 2. The van der Waals surface area contributed by atoms with Gasteiger partial charge in [-0.3, -0.25) is 0 Å². The summed E-state index contributed by atoms with van der Waals surface area (Å²) in [7, 11) is 0. The largest absolute Gasteiger partial charge is 0.491 e. The first-order chi connectivity index (χ1) is 13.8. The molecule has 0 bridgehead atoms. The highest BCUT2D eigenvalue weighted by Gasteiger charge is 2.19. The van der Waals surface area contributed by atoms with Crippen LogP contribution in [0.3, 0.4) is 0 Å². The molecule has 0 amide bonds. The second-order valence-corrected chi connectivity index (χ2v) is 9.02. The number of aromatic nitrogens is 1. The fraction of sp³-hybridized carbons (Fsp3) is 0.409. The number of para-hydroxylation sites is 1. The second-order valence-electron chi connectivity index (χ2n) is 7.10. The summed E-state index contributed by atoms with van der Waals surface area (Å²) >= 11 is 3.53. The van der Waals surface area contributed by atoms with Crippen LogP contribution in [0.2, 0.25) is 0 Å². The highest BCUT2D eigenvalue weighted by Crippen LogP contribution is 2.26. The van der Waals surface area contributed by atoms with Gasteiger partial charge in [-0.05, 0) is 37.3 Å². The van der Waals surface area contributed by atoms with Crippen molar-refractivity contribution in [2.45, 2.75) is 44.9 Å². The lowest BCUT2D eigenvalue weighted by atomic mass is 10.1. The Morgan fingerprint density at radius 2 is 2.18 bits per heavy atom. The molecule has 4 nitrogen and oxygen atoms in total. The zero-order valence-electron chi connectivity index (χ0n) is 16.1. The SMILES string of the molecule is Cc1csc([C@@H](Cc2cccs2)NCc2ccccc2OC[C@H]2CCCO2)n1. The number of hydrogen-bond donors (Lipinski definition) is 1. The van der Waals surface area contributed by atoms with Crippen molar-refractivity contribution < 1.29 is 9.47 Å². The minimum Gasteiger partial charge on any atom is -0.491 e. The number of rotatable bonds is 9. The van der Waals surface area contributed by atoms with Crippen molar-refractivity contribution in [1.82, 2.24) is 10.3 Å². The first-order valence-corrected chi connectivity index (χ1v) is 11.5. The number of thiophene rings is 1. The predicted octanol–water partition coefficient (Wildman–Crippen LogP) is 5.14. The molecule has 3 heterocycles. The van der Waals surface area contributed by atoms with Crippen molar-refractivity contribution in [1.29, 1.82) is 0 Å². The molecule has 0 aliphatic carbocycles. The number of hydrogen-bond acceptors (Lipinski definition) is 6. The van der Waals surface area contributed by atoms with Gasteiger partial charge in [-0.1, -0.05) is 24.3 Å². The van der Waals surface area contributed by atoms with Crippen LogP contribution in [0, 0.1) is 6.92 Å². The summed E-state index contributed by atoms with van der Waals surface area (Å²) in [6.07, 6.45) is 3.40. The lowest BCUT2D eigenvalue weighted by molar-refractivity contribution is 0.0675. The van der Waals surface area contributed by atoms with Crippen LogP contribution in [0.1, 0.15) is 40.0 Å². The fourth-order valence-electron chi connectivity index (χ4n) is 3.39. The zero-order chi connectivity index (χ0) is 19.2. The Kier molecular flexibility index (Phi) is 6.75. The molecule has 0 spiro atoms. The molecule has 3 aromatic rings. The number of benzene rings is 1. The lowest BCUT2D eigenvalue weighted by Gasteiger charge is -2.18. The van der Waals surface area contributed by atoms with E-state index in [1.54, 1.807) is 22.7 Å². The van der Waals surface area contributed by atoms with Gasteiger partial charge in [0.25, 0.3) is 0 Å². The molecule has 1 N–H and O–H groups in total. The van der Waals surface area contributed by atoms with Gasteiger partial charge in [0.2, 0.25) is 0 Å². The maximum Gasteiger partial charge on any atom is 0.123 e. The molecule has 2 atom stereocenters. The van der Waals surface area contributed by atoms with E-state index >= 15 is 0 Å². The van der Waals surface area contributed by atoms with Crippen molar-refractivity contribution >= 4 is 22.7 Å². The molecule has 1 saturated heterocycles. The Morgan fingerprint density at radius 1 is 1.25 bits per heavy atom. The third-order valence-corrected chi connectivity index (χ3v) is 6.86. The Morgan fingerprint density at radius 3 is 2.93 bits per heavy atom. The van der Waals surface area contributed by atoms with Gasteiger partial charge < -0.3 is 14.8 Å². The minimum absolute atomic E-state index is 0.198. The Balaban J connectivity index is 1.43. The van der Waals surface area contributed by atoms with E-state index in [-0.39, 0.29) is 12.1 Å². The molecular formula is C22H26N2O2S2. The molecule has 1 aliphatic rings. The molecule has 1 aromatic carbocycles. The summed E-state index contributed by atoms with van der Waals surface area (Å²) in [5, 5.41) is 9.11. The average Bonchev–Trinajstić information content (AvgIpc) is 3.47. The maximum absolute atomic E-state index is 6.09. The van der Waals surface area contributed by atoms with Crippen molar-refractivity contribution in [3.63, 3.8) is 0 Å². The van der Waals surface area contributed by atoms with Gasteiger partial charge in [-0.15, -0.1) is 22.7 Å². The van der Waals surface area contributed by atoms with E-state index in [1.165, 1.54) is 10.4 Å².